The summed E-state index contributed by atoms with van der Waals surface area (Å²) in [5, 5.41) is 0. The molecule has 1 unspecified atom stereocenters. The molecule has 1 saturated carbocycles. The van der Waals surface area contributed by atoms with Gasteiger partial charge in [0.2, 0.25) is 0 Å². The third kappa shape index (κ3) is 1.73. The highest BCUT2D eigenvalue weighted by molar-refractivity contribution is 6.13. The van der Waals surface area contributed by atoms with Gasteiger partial charge in [0, 0.05) is 31.2 Å². The molecule has 0 saturated heterocycles. The van der Waals surface area contributed by atoms with Crippen LogP contribution in [-0.4, -0.2) is 29.7 Å². The Bertz CT molecular complexity index is 661. The molecule has 2 atom stereocenters. The fourth-order valence-corrected chi connectivity index (χ4v) is 4.56. The molecule has 0 spiro atoms. The Morgan fingerprint density at radius 2 is 2.14 bits per heavy atom. The minimum atomic E-state index is -0.166. The van der Waals surface area contributed by atoms with E-state index in [-0.39, 0.29) is 5.41 Å². The average Bonchev–Trinajstić information content (AvgIpc) is 2.82. The second-order valence-electron chi connectivity index (χ2n) is 6.76. The maximum Gasteiger partial charge on any atom is 0.178 e. The molecule has 0 radical (unpaired) electrons. The van der Waals surface area contributed by atoms with E-state index in [1.165, 1.54) is 16.8 Å². The lowest BCUT2D eigenvalue weighted by Gasteiger charge is -2.35. The van der Waals surface area contributed by atoms with E-state index >= 15 is 0 Å². The lowest BCUT2D eigenvalue weighted by molar-refractivity contribution is -0.585. The van der Waals surface area contributed by atoms with Crippen LogP contribution in [-0.2, 0) is 11.2 Å². The van der Waals surface area contributed by atoms with Crippen LogP contribution in [0.5, 0.6) is 5.75 Å². The van der Waals surface area contributed by atoms with Crippen molar-refractivity contribution >= 4 is 11.5 Å². The van der Waals surface area contributed by atoms with Gasteiger partial charge in [-0.05, 0) is 37.1 Å². The van der Waals surface area contributed by atoms with Gasteiger partial charge >= 0.3 is 0 Å². The van der Waals surface area contributed by atoms with Gasteiger partial charge in [0.15, 0.2) is 11.8 Å². The molecule has 110 valence electrons. The second-order valence-corrected chi connectivity index (χ2v) is 6.76. The number of hydrogen-bond donors (Lipinski definition) is 0. The zero-order chi connectivity index (χ0) is 14.6. The number of rotatable bonds is 1. The number of hydrogen-bond acceptors (Lipinski definition) is 2. The molecule has 3 nitrogen and oxygen atoms in total. The number of fused-ring (bicyclic) bond motifs is 4. The van der Waals surface area contributed by atoms with Gasteiger partial charge in [-0.3, -0.25) is 4.79 Å². The Labute approximate surface area is 125 Å². The normalized spacial score (nSPS) is 30.8. The van der Waals surface area contributed by atoms with Crippen molar-refractivity contribution in [2.24, 2.45) is 5.41 Å². The van der Waals surface area contributed by atoms with E-state index in [1.54, 1.807) is 7.11 Å². The summed E-state index contributed by atoms with van der Waals surface area (Å²) in [4.78, 5) is 12.3. The molecule has 21 heavy (non-hydrogen) atoms. The number of Topliss-reactive ketones (excluding diaryl/α,β-unsaturated/α-hetero) is 1. The Kier molecular flexibility index (Phi) is 2.75. The van der Waals surface area contributed by atoms with Crippen LogP contribution in [0.25, 0.3) is 0 Å². The maximum atomic E-state index is 12.3. The summed E-state index contributed by atoms with van der Waals surface area (Å²) in [6.45, 7) is 3.21. The summed E-state index contributed by atoms with van der Waals surface area (Å²) in [6.07, 6.45) is 4.86. The Hall–Kier alpha value is -1.64. The van der Waals surface area contributed by atoms with Crippen molar-refractivity contribution < 1.29 is 14.1 Å². The predicted octanol–water partition coefficient (Wildman–Crippen LogP) is 2.91. The highest BCUT2D eigenvalue weighted by Crippen LogP contribution is 2.46. The molecule has 2 aliphatic heterocycles. The molecule has 0 aromatic heterocycles. The number of ketones is 1. The fraction of sp³-hybridized carbons (Fsp3) is 0.556. The number of nitrogens with zero attached hydrogens (tertiary/aromatic N) is 1. The smallest absolute Gasteiger partial charge is 0.178 e. The summed E-state index contributed by atoms with van der Waals surface area (Å²) < 4.78 is 7.90. The van der Waals surface area contributed by atoms with E-state index in [0.29, 0.717) is 11.8 Å². The summed E-state index contributed by atoms with van der Waals surface area (Å²) in [6, 6.07) is 6.95. The van der Waals surface area contributed by atoms with Gasteiger partial charge in [-0.1, -0.05) is 0 Å². The van der Waals surface area contributed by atoms with E-state index in [2.05, 4.69) is 29.7 Å². The van der Waals surface area contributed by atoms with Crippen molar-refractivity contribution in [3.8, 4) is 5.75 Å². The summed E-state index contributed by atoms with van der Waals surface area (Å²) in [5.41, 5.74) is 4.10. The number of ether oxygens (including phenoxy) is 1. The molecule has 2 heterocycles. The molecule has 0 N–H and O–H groups in total. The average molecular weight is 284 g/mol. The molecular weight excluding hydrogens is 262 g/mol. The van der Waals surface area contributed by atoms with E-state index in [9.17, 15) is 4.79 Å². The van der Waals surface area contributed by atoms with Crippen LogP contribution in [0.4, 0.5) is 0 Å². The quantitative estimate of drug-likeness (QED) is 0.742. The molecule has 3 heteroatoms. The van der Waals surface area contributed by atoms with Crippen LogP contribution in [0.3, 0.4) is 0 Å². The number of carbonyl (C=O) groups is 1. The van der Waals surface area contributed by atoms with Crippen molar-refractivity contribution in [1.29, 1.82) is 0 Å². The highest BCUT2D eigenvalue weighted by Gasteiger charge is 2.53. The zero-order valence-corrected chi connectivity index (χ0v) is 12.8. The minimum Gasteiger partial charge on any atom is -0.497 e. The zero-order valence-electron chi connectivity index (χ0n) is 12.8. The standard InChI is InChI=1S/C18H22NO2/c1-18-9-7-15-14-4-3-13(21-2)11-12(14)8-10-19(15)16(18)5-6-17(18)20/h3-4,11,15H,5-10H2,1-2H3/q+1/t15-,18?/m0/s1. The molecular formula is C18H22NO2+. The third-order valence-electron chi connectivity index (χ3n) is 5.81. The van der Waals surface area contributed by atoms with Crippen LogP contribution in [0.1, 0.15) is 49.8 Å². The summed E-state index contributed by atoms with van der Waals surface area (Å²) >= 11 is 0. The van der Waals surface area contributed by atoms with Gasteiger partial charge in [-0.15, -0.1) is 0 Å². The summed E-state index contributed by atoms with van der Waals surface area (Å²) in [5.74, 6) is 1.41. The van der Waals surface area contributed by atoms with Gasteiger partial charge in [-0.2, -0.15) is 0 Å². The van der Waals surface area contributed by atoms with E-state index in [1.807, 2.05) is 0 Å². The largest absolute Gasteiger partial charge is 0.497 e. The first-order valence-electron chi connectivity index (χ1n) is 7.96. The topological polar surface area (TPSA) is 29.3 Å². The first-order chi connectivity index (χ1) is 10.1. The van der Waals surface area contributed by atoms with Crippen LogP contribution < -0.4 is 4.74 Å². The van der Waals surface area contributed by atoms with E-state index < -0.39 is 0 Å². The highest BCUT2D eigenvalue weighted by atomic mass is 16.5. The molecule has 4 rings (SSSR count). The van der Waals surface area contributed by atoms with E-state index in [0.717, 1.165) is 44.4 Å². The second kappa shape index (κ2) is 4.43. The van der Waals surface area contributed by atoms with Crippen LogP contribution >= 0.6 is 0 Å². The molecule has 1 fully saturated rings. The molecule has 0 amide bonds. The third-order valence-corrected chi connectivity index (χ3v) is 5.81. The monoisotopic (exact) mass is 284 g/mol. The molecule has 1 aromatic rings. The number of carbonyl (C=O) groups excluding carboxylic acids is 1. The van der Waals surface area contributed by atoms with Crippen LogP contribution in [0.15, 0.2) is 18.2 Å². The molecule has 1 aliphatic carbocycles. The summed E-state index contributed by atoms with van der Waals surface area (Å²) in [7, 11) is 1.73. The lowest BCUT2D eigenvalue weighted by atomic mass is 9.74. The number of benzene rings is 1. The first kappa shape index (κ1) is 13.1. The Morgan fingerprint density at radius 3 is 2.95 bits per heavy atom. The van der Waals surface area contributed by atoms with Crippen molar-refractivity contribution in [2.45, 2.75) is 45.1 Å². The van der Waals surface area contributed by atoms with Gasteiger partial charge in [-0.25, -0.2) is 4.58 Å². The minimum absolute atomic E-state index is 0.166. The van der Waals surface area contributed by atoms with Crippen LogP contribution in [0.2, 0.25) is 0 Å². The Morgan fingerprint density at radius 1 is 1.29 bits per heavy atom. The molecule has 3 aliphatic rings. The van der Waals surface area contributed by atoms with Gasteiger partial charge in [0.25, 0.3) is 0 Å². The van der Waals surface area contributed by atoms with Crippen LogP contribution in [0, 0.1) is 5.41 Å². The van der Waals surface area contributed by atoms with Gasteiger partial charge in [0.1, 0.15) is 23.5 Å². The maximum absolute atomic E-state index is 12.3. The van der Waals surface area contributed by atoms with Crippen molar-refractivity contribution in [2.75, 3.05) is 13.7 Å². The molecule has 0 bridgehead atoms. The van der Waals surface area contributed by atoms with Crippen molar-refractivity contribution in [3.63, 3.8) is 0 Å². The fourth-order valence-electron chi connectivity index (χ4n) is 4.56. The van der Waals surface area contributed by atoms with Crippen molar-refractivity contribution in [3.05, 3.63) is 29.3 Å². The molecule has 1 aromatic carbocycles. The lowest BCUT2D eigenvalue weighted by Crippen LogP contribution is -2.44. The van der Waals surface area contributed by atoms with Crippen molar-refractivity contribution in [1.82, 2.24) is 0 Å². The predicted molar refractivity (Wildman–Crippen MR) is 81.2 cm³/mol. The first-order valence-corrected chi connectivity index (χ1v) is 7.96. The number of methoxy groups -OCH3 is 1. The SMILES string of the molecule is COc1ccc2c(c1)CC[N+]1=C3CCC(=O)C3(C)CC[C@@H]21. The van der Waals surface area contributed by atoms with E-state index in [4.69, 9.17) is 4.74 Å². The van der Waals surface area contributed by atoms with Gasteiger partial charge < -0.3 is 4.74 Å². The Balaban J connectivity index is 1.81. The van der Waals surface area contributed by atoms with Gasteiger partial charge in [0.05, 0.1) is 7.11 Å².